The van der Waals surface area contributed by atoms with Crippen LogP contribution in [-0.2, 0) is 9.47 Å². The molecule has 0 N–H and O–H groups in total. The lowest BCUT2D eigenvalue weighted by Crippen LogP contribution is -2.19. The summed E-state index contributed by atoms with van der Waals surface area (Å²) in [4.78, 5) is 0. The van der Waals surface area contributed by atoms with Crippen molar-refractivity contribution in [3.05, 3.63) is 12.8 Å². The lowest BCUT2D eigenvalue weighted by Gasteiger charge is -2.21. The Bertz CT molecular complexity index is 84.9. The average molecular weight is 128 g/mol. The van der Waals surface area contributed by atoms with Gasteiger partial charge in [-0.3, -0.25) is 0 Å². The minimum atomic E-state index is -0.0174. The summed E-state index contributed by atoms with van der Waals surface area (Å²) in [6.07, 6.45) is 4.80. The summed E-state index contributed by atoms with van der Waals surface area (Å²) < 4.78 is 10.2. The summed E-state index contributed by atoms with van der Waals surface area (Å²) in [6.45, 7) is 4.28. The van der Waals surface area contributed by atoms with E-state index in [0.717, 1.165) is 19.4 Å². The molecule has 1 saturated heterocycles. The molecule has 0 radical (unpaired) electrons. The Balaban J connectivity index is 2.15. The molecule has 1 aliphatic rings. The lowest BCUT2D eigenvalue weighted by atomic mass is 10.2. The third-order valence-corrected chi connectivity index (χ3v) is 1.39. The zero-order chi connectivity index (χ0) is 6.53. The lowest BCUT2D eigenvalue weighted by molar-refractivity contribution is -0.129. The Kier molecular flexibility index (Phi) is 2.58. The number of ether oxygens (including phenoxy) is 2. The number of hydrogen-bond donors (Lipinski definition) is 0. The van der Waals surface area contributed by atoms with E-state index in [-0.39, 0.29) is 6.29 Å². The van der Waals surface area contributed by atoms with E-state index in [4.69, 9.17) is 9.47 Å². The molecule has 52 valence electrons. The van der Waals surface area contributed by atoms with Gasteiger partial charge in [-0.1, -0.05) is 6.58 Å². The molecule has 0 spiro atoms. The topological polar surface area (TPSA) is 18.5 Å². The first-order valence-electron chi connectivity index (χ1n) is 3.31. The van der Waals surface area contributed by atoms with E-state index in [1.165, 1.54) is 12.7 Å². The van der Waals surface area contributed by atoms with E-state index in [1.54, 1.807) is 0 Å². The maximum Gasteiger partial charge on any atom is 0.198 e. The zero-order valence-corrected chi connectivity index (χ0v) is 5.51. The van der Waals surface area contributed by atoms with Crippen LogP contribution >= 0.6 is 0 Å². The first kappa shape index (κ1) is 6.62. The highest BCUT2D eigenvalue weighted by atomic mass is 16.7. The van der Waals surface area contributed by atoms with Crippen molar-refractivity contribution in [3.8, 4) is 0 Å². The van der Waals surface area contributed by atoms with Crippen molar-refractivity contribution in [2.24, 2.45) is 0 Å². The van der Waals surface area contributed by atoms with Crippen LogP contribution in [0.25, 0.3) is 0 Å². The Morgan fingerprint density at radius 1 is 1.56 bits per heavy atom. The second-order valence-corrected chi connectivity index (χ2v) is 2.10. The summed E-state index contributed by atoms with van der Waals surface area (Å²) in [5.74, 6) is 0. The van der Waals surface area contributed by atoms with Gasteiger partial charge in [-0.05, 0) is 12.8 Å². The molecule has 1 heterocycles. The molecule has 0 aromatic rings. The van der Waals surface area contributed by atoms with E-state index in [0.29, 0.717) is 0 Å². The monoisotopic (exact) mass is 128 g/mol. The second-order valence-electron chi connectivity index (χ2n) is 2.10. The molecule has 2 heteroatoms. The highest BCUT2D eigenvalue weighted by Crippen LogP contribution is 2.13. The van der Waals surface area contributed by atoms with E-state index in [9.17, 15) is 0 Å². The van der Waals surface area contributed by atoms with Crippen LogP contribution in [0.2, 0.25) is 0 Å². The fourth-order valence-corrected chi connectivity index (χ4v) is 0.926. The molecule has 0 amide bonds. The van der Waals surface area contributed by atoms with Crippen molar-refractivity contribution in [1.29, 1.82) is 0 Å². The van der Waals surface area contributed by atoms with Gasteiger partial charge in [0.1, 0.15) is 0 Å². The van der Waals surface area contributed by atoms with E-state index in [1.807, 2.05) is 0 Å². The van der Waals surface area contributed by atoms with E-state index < -0.39 is 0 Å². The van der Waals surface area contributed by atoms with Gasteiger partial charge in [0.05, 0.1) is 12.9 Å². The molecule has 0 saturated carbocycles. The first-order valence-corrected chi connectivity index (χ1v) is 3.31. The number of rotatable bonds is 2. The zero-order valence-electron chi connectivity index (χ0n) is 5.51. The fourth-order valence-electron chi connectivity index (χ4n) is 0.926. The first-order chi connectivity index (χ1) is 4.43. The van der Waals surface area contributed by atoms with Crippen molar-refractivity contribution in [1.82, 2.24) is 0 Å². The fraction of sp³-hybridized carbons (Fsp3) is 0.714. The highest BCUT2D eigenvalue weighted by Gasteiger charge is 2.11. The molecule has 0 aliphatic carbocycles. The van der Waals surface area contributed by atoms with Crippen LogP contribution in [-0.4, -0.2) is 12.9 Å². The van der Waals surface area contributed by atoms with Crippen molar-refractivity contribution in [2.45, 2.75) is 25.6 Å². The van der Waals surface area contributed by atoms with Gasteiger partial charge in [0.2, 0.25) is 0 Å². The van der Waals surface area contributed by atoms with Gasteiger partial charge in [-0.2, -0.15) is 0 Å². The molecule has 0 aromatic carbocycles. The maximum atomic E-state index is 5.22. The molecule has 1 rings (SSSR count). The van der Waals surface area contributed by atoms with Crippen LogP contribution in [0, 0.1) is 0 Å². The minimum Gasteiger partial charge on any atom is -0.473 e. The van der Waals surface area contributed by atoms with Crippen molar-refractivity contribution >= 4 is 0 Å². The molecule has 1 atom stereocenters. The van der Waals surface area contributed by atoms with Gasteiger partial charge in [-0.15, -0.1) is 0 Å². The van der Waals surface area contributed by atoms with Crippen molar-refractivity contribution < 1.29 is 9.47 Å². The van der Waals surface area contributed by atoms with Gasteiger partial charge in [-0.25, -0.2) is 0 Å². The third kappa shape index (κ3) is 2.06. The largest absolute Gasteiger partial charge is 0.473 e. The SMILES string of the molecule is C=CO[C@@H]1CCCCO1. The Hall–Kier alpha value is -0.500. The summed E-state index contributed by atoms with van der Waals surface area (Å²) in [5, 5.41) is 0. The summed E-state index contributed by atoms with van der Waals surface area (Å²) in [6, 6.07) is 0. The standard InChI is InChI=1S/C7H12O2/c1-2-8-7-5-3-4-6-9-7/h2,7H,1,3-6H2/t7-/m0/s1. The van der Waals surface area contributed by atoms with Crippen LogP contribution in [0.1, 0.15) is 19.3 Å². The predicted molar refractivity (Wildman–Crippen MR) is 34.9 cm³/mol. The minimum absolute atomic E-state index is 0.0174. The van der Waals surface area contributed by atoms with Crippen LogP contribution in [0.3, 0.4) is 0 Å². The Morgan fingerprint density at radius 3 is 3.00 bits per heavy atom. The van der Waals surface area contributed by atoms with Crippen LogP contribution < -0.4 is 0 Å². The molecule has 9 heavy (non-hydrogen) atoms. The van der Waals surface area contributed by atoms with Crippen LogP contribution in [0.5, 0.6) is 0 Å². The normalized spacial score (nSPS) is 27.3. The summed E-state index contributed by atoms with van der Waals surface area (Å²) in [7, 11) is 0. The summed E-state index contributed by atoms with van der Waals surface area (Å²) in [5.41, 5.74) is 0. The Morgan fingerprint density at radius 2 is 2.44 bits per heavy atom. The van der Waals surface area contributed by atoms with Crippen molar-refractivity contribution in [3.63, 3.8) is 0 Å². The van der Waals surface area contributed by atoms with Gasteiger partial charge in [0.25, 0.3) is 0 Å². The molecule has 0 aromatic heterocycles. The van der Waals surface area contributed by atoms with Gasteiger partial charge >= 0.3 is 0 Å². The molecule has 0 bridgehead atoms. The molecule has 2 nitrogen and oxygen atoms in total. The molecular weight excluding hydrogens is 116 g/mol. The average Bonchev–Trinajstić information content (AvgIpc) is 1.91. The maximum absolute atomic E-state index is 5.22. The molecule has 1 fully saturated rings. The van der Waals surface area contributed by atoms with Crippen molar-refractivity contribution in [2.75, 3.05) is 6.61 Å². The van der Waals surface area contributed by atoms with E-state index >= 15 is 0 Å². The molecular formula is C7H12O2. The van der Waals surface area contributed by atoms with Crippen LogP contribution in [0.4, 0.5) is 0 Å². The van der Waals surface area contributed by atoms with Crippen LogP contribution in [0.15, 0.2) is 12.8 Å². The molecule has 0 unspecified atom stereocenters. The van der Waals surface area contributed by atoms with Gasteiger partial charge in [0, 0.05) is 6.42 Å². The van der Waals surface area contributed by atoms with Gasteiger partial charge in [0.15, 0.2) is 6.29 Å². The summed E-state index contributed by atoms with van der Waals surface area (Å²) >= 11 is 0. The van der Waals surface area contributed by atoms with E-state index in [2.05, 4.69) is 6.58 Å². The highest BCUT2D eigenvalue weighted by molar-refractivity contribution is 4.58. The Labute approximate surface area is 55.5 Å². The van der Waals surface area contributed by atoms with Gasteiger partial charge < -0.3 is 9.47 Å². The predicted octanol–water partition coefficient (Wildman–Crippen LogP) is 1.67. The quantitative estimate of drug-likeness (QED) is 0.527. The number of hydrogen-bond acceptors (Lipinski definition) is 2. The third-order valence-electron chi connectivity index (χ3n) is 1.39. The smallest absolute Gasteiger partial charge is 0.198 e. The second kappa shape index (κ2) is 3.51. The molecule has 1 aliphatic heterocycles.